The van der Waals surface area contributed by atoms with E-state index in [2.05, 4.69) is 4.98 Å². The molecule has 10 heteroatoms. The number of nitrogens with zero attached hydrogens (tertiary/aromatic N) is 2. The molecule has 2 heterocycles. The number of hydrogen-bond donors (Lipinski definition) is 3. The molecule has 0 spiro atoms. The molecule has 1 fully saturated rings. The highest BCUT2D eigenvalue weighted by Crippen LogP contribution is 2.33. The number of fused-ring (bicyclic) bond motifs is 1. The maximum absolute atomic E-state index is 13.2. The number of aromatic nitrogens is 1. The van der Waals surface area contributed by atoms with Crippen LogP contribution >= 0.6 is 0 Å². The van der Waals surface area contributed by atoms with E-state index in [1.54, 1.807) is 24.5 Å². The topological polar surface area (TPSA) is 129 Å². The van der Waals surface area contributed by atoms with Crippen LogP contribution in [0.3, 0.4) is 0 Å². The van der Waals surface area contributed by atoms with E-state index in [4.69, 9.17) is 9.94 Å². The van der Waals surface area contributed by atoms with Crippen molar-refractivity contribution in [3.8, 4) is 5.75 Å². The second-order valence-corrected chi connectivity index (χ2v) is 10.1. The molecule has 3 aromatic rings. The normalized spacial score (nSPS) is 21.6. The molecule has 174 valence electrons. The van der Waals surface area contributed by atoms with Gasteiger partial charge in [-0.05, 0) is 61.0 Å². The van der Waals surface area contributed by atoms with Gasteiger partial charge >= 0.3 is 0 Å². The zero-order valence-corrected chi connectivity index (χ0v) is 18.8. The number of ether oxygens (including phenoxy) is 1. The monoisotopic (exact) mass is 471 g/mol. The van der Waals surface area contributed by atoms with Crippen LogP contribution in [0, 0.1) is 0 Å². The summed E-state index contributed by atoms with van der Waals surface area (Å²) in [5, 5.41) is 21.7. The summed E-state index contributed by atoms with van der Waals surface area (Å²) < 4.78 is 33.3. The Hall–Kier alpha value is -3.05. The summed E-state index contributed by atoms with van der Waals surface area (Å²) in [7, 11) is -4.11. The van der Waals surface area contributed by atoms with E-state index in [1.165, 1.54) is 24.5 Å². The lowest BCUT2D eigenvalue weighted by molar-refractivity contribution is -0.144. The third kappa shape index (κ3) is 4.55. The fourth-order valence-corrected chi connectivity index (χ4v) is 5.93. The molecule has 2 atom stereocenters. The van der Waals surface area contributed by atoms with E-state index in [-0.39, 0.29) is 24.5 Å². The summed E-state index contributed by atoms with van der Waals surface area (Å²) >= 11 is 0. The van der Waals surface area contributed by atoms with Crippen LogP contribution in [0.2, 0.25) is 0 Å². The van der Waals surface area contributed by atoms with Gasteiger partial charge in [0.05, 0.1) is 10.5 Å². The van der Waals surface area contributed by atoms with Gasteiger partial charge in [0.2, 0.25) is 10.0 Å². The predicted octanol–water partition coefficient (Wildman–Crippen LogP) is 2.22. The molecule has 2 aromatic carbocycles. The predicted molar refractivity (Wildman–Crippen MR) is 120 cm³/mol. The SMILES string of the molecule is C[C@@]1(O)CCCN(S(=O)(=O)c2ccc(OCc3cccc4ccncc34)cc2)[C@H]1C(=O)NO. The van der Waals surface area contributed by atoms with Gasteiger partial charge in [-0.2, -0.15) is 4.31 Å². The van der Waals surface area contributed by atoms with Crippen LogP contribution in [0.15, 0.2) is 65.8 Å². The fourth-order valence-electron chi connectivity index (χ4n) is 4.21. The lowest BCUT2D eigenvalue weighted by Crippen LogP contribution is -2.62. The third-order valence-corrected chi connectivity index (χ3v) is 7.77. The zero-order valence-electron chi connectivity index (χ0n) is 18.0. The van der Waals surface area contributed by atoms with Gasteiger partial charge in [-0.25, -0.2) is 13.9 Å². The number of hydroxylamine groups is 1. The van der Waals surface area contributed by atoms with E-state index >= 15 is 0 Å². The number of aliphatic hydroxyl groups is 1. The lowest BCUT2D eigenvalue weighted by atomic mass is 9.87. The average Bonchev–Trinajstić information content (AvgIpc) is 2.81. The molecule has 0 saturated carbocycles. The first-order chi connectivity index (χ1) is 15.7. The van der Waals surface area contributed by atoms with Gasteiger partial charge < -0.3 is 9.84 Å². The Balaban J connectivity index is 1.54. The molecule has 0 radical (unpaired) electrons. The second-order valence-electron chi connectivity index (χ2n) is 8.23. The van der Waals surface area contributed by atoms with E-state index < -0.39 is 27.6 Å². The average molecular weight is 472 g/mol. The Morgan fingerprint density at radius 1 is 1.24 bits per heavy atom. The summed E-state index contributed by atoms with van der Waals surface area (Å²) in [5.74, 6) is -0.502. The maximum atomic E-state index is 13.2. The number of rotatable bonds is 6. The van der Waals surface area contributed by atoms with Crippen molar-refractivity contribution in [2.45, 2.75) is 42.9 Å². The highest BCUT2D eigenvalue weighted by molar-refractivity contribution is 7.89. The largest absolute Gasteiger partial charge is 0.489 e. The molecule has 1 aromatic heterocycles. The first-order valence-corrected chi connectivity index (χ1v) is 11.9. The number of amides is 1. The van der Waals surface area contributed by atoms with Crippen molar-refractivity contribution in [1.29, 1.82) is 0 Å². The highest BCUT2D eigenvalue weighted by Gasteiger charge is 2.49. The fraction of sp³-hybridized carbons (Fsp3) is 0.304. The lowest BCUT2D eigenvalue weighted by Gasteiger charge is -2.42. The van der Waals surface area contributed by atoms with Crippen molar-refractivity contribution in [2.75, 3.05) is 6.54 Å². The standard InChI is InChI=1S/C23H25N3O6S/c1-23(28)11-3-13-26(21(23)22(27)25-29)33(30,31)19-8-6-18(7-9-19)32-15-17-5-2-4-16-10-12-24-14-20(16)17/h2,4-10,12,14,21,28-29H,3,11,13,15H2,1H3,(H,25,27)/t21-,23+/m0/s1. The zero-order chi connectivity index (χ0) is 23.6. The summed E-state index contributed by atoms with van der Waals surface area (Å²) in [4.78, 5) is 16.3. The van der Waals surface area contributed by atoms with Crippen molar-refractivity contribution in [1.82, 2.24) is 14.8 Å². The van der Waals surface area contributed by atoms with E-state index in [0.29, 0.717) is 12.2 Å². The molecule has 0 bridgehead atoms. The number of benzene rings is 2. The molecule has 0 unspecified atom stereocenters. The minimum Gasteiger partial charge on any atom is -0.489 e. The Morgan fingerprint density at radius 3 is 2.73 bits per heavy atom. The molecule has 3 N–H and O–H groups in total. The van der Waals surface area contributed by atoms with E-state index in [0.717, 1.165) is 20.6 Å². The third-order valence-electron chi connectivity index (χ3n) is 5.90. The van der Waals surface area contributed by atoms with Crippen LogP contribution in [-0.4, -0.2) is 52.1 Å². The van der Waals surface area contributed by atoms with Crippen molar-refractivity contribution in [3.63, 3.8) is 0 Å². The first-order valence-electron chi connectivity index (χ1n) is 10.5. The van der Waals surface area contributed by atoms with Crippen molar-refractivity contribution < 1.29 is 28.3 Å². The van der Waals surface area contributed by atoms with Gasteiger partial charge in [-0.1, -0.05) is 18.2 Å². The summed E-state index contributed by atoms with van der Waals surface area (Å²) in [6, 6.07) is 12.2. The number of nitrogens with one attached hydrogen (secondary N) is 1. The molecule has 1 aliphatic heterocycles. The van der Waals surface area contributed by atoms with Crippen LogP contribution in [0.25, 0.3) is 10.8 Å². The van der Waals surface area contributed by atoms with Crippen LogP contribution in [0.5, 0.6) is 5.75 Å². The van der Waals surface area contributed by atoms with Gasteiger partial charge in [0.1, 0.15) is 18.4 Å². The molecule has 0 aliphatic carbocycles. The Morgan fingerprint density at radius 2 is 2.00 bits per heavy atom. The van der Waals surface area contributed by atoms with Gasteiger partial charge in [0, 0.05) is 24.3 Å². The maximum Gasteiger partial charge on any atom is 0.264 e. The number of piperidine rings is 1. The number of pyridine rings is 1. The summed E-state index contributed by atoms with van der Waals surface area (Å²) in [5.41, 5.74) is 0.802. The van der Waals surface area contributed by atoms with Gasteiger partial charge in [0.25, 0.3) is 5.91 Å². The Kier molecular flexibility index (Phi) is 6.35. The molecule has 1 saturated heterocycles. The van der Waals surface area contributed by atoms with E-state index in [1.807, 2.05) is 24.3 Å². The number of carbonyl (C=O) groups excluding carboxylic acids is 1. The minimum absolute atomic E-state index is 0.0438. The molecule has 4 rings (SSSR count). The van der Waals surface area contributed by atoms with Gasteiger partial charge in [0.15, 0.2) is 0 Å². The minimum atomic E-state index is -4.11. The molecule has 9 nitrogen and oxygen atoms in total. The first kappa shape index (κ1) is 23.1. The van der Waals surface area contributed by atoms with Crippen molar-refractivity contribution in [3.05, 3.63) is 66.5 Å². The second kappa shape index (κ2) is 9.06. The Labute approximate surface area is 191 Å². The molecule has 33 heavy (non-hydrogen) atoms. The smallest absolute Gasteiger partial charge is 0.264 e. The van der Waals surface area contributed by atoms with Gasteiger partial charge in [-0.3, -0.25) is 15.0 Å². The molecular formula is C23H25N3O6S. The number of carbonyl (C=O) groups is 1. The molecular weight excluding hydrogens is 446 g/mol. The van der Waals surface area contributed by atoms with E-state index in [9.17, 15) is 18.3 Å². The highest BCUT2D eigenvalue weighted by atomic mass is 32.2. The van der Waals surface area contributed by atoms with Gasteiger partial charge in [-0.15, -0.1) is 0 Å². The molecule has 1 aliphatic rings. The van der Waals surface area contributed by atoms with Crippen LogP contribution < -0.4 is 10.2 Å². The number of sulfonamides is 1. The van der Waals surface area contributed by atoms with Crippen LogP contribution in [-0.2, 0) is 21.4 Å². The quantitative estimate of drug-likeness (QED) is 0.371. The summed E-state index contributed by atoms with van der Waals surface area (Å²) in [6.45, 7) is 1.71. The Bertz CT molecular complexity index is 1260. The number of hydrogen-bond acceptors (Lipinski definition) is 7. The van der Waals surface area contributed by atoms with Crippen molar-refractivity contribution in [2.24, 2.45) is 0 Å². The molecule has 1 amide bonds. The van der Waals surface area contributed by atoms with Crippen LogP contribution in [0.4, 0.5) is 0 Å². The van der Waals surface area contributed by atoms with Crippen molar-refractivity contribution >= 4 is 26.7 Å². The van der Waals surface area contributed by atoms with Crippen LogP contribution in [0.1, 0.15) is 25.3 Å². The summed E-state index contributed by atoms with van der Waals surface area (Å²) in [6.07, 6.45) is 4.11.